The van der Waals surface area contributed by atoms with Crippen LogP contribution < -0.4 is 0 Å². The zero-order valence-corrected chi connectivity index (χ0v) is 5.75. The van der Waals surface area contributed by atoms with Crippen molar-refractivity contribution in [2.45, 2.75) is 26.0 Å². The zero-order valence-electron chi connectivity index (χ0n) is 5.75. The lowest BCUT2D eigenvalue weighted by Gasteiger charge is -1.90. The lowest BCUT2D eigenvalue weighted by atomic mass is 10.3. The molecule has 3 nitrogen and oxygen atoms in total. The van der Waals surface area contributed by atoms with E-state index in [0.717, 1.165) is 18.7 Å². The molecule has 10 heavy (non-hydrogen) atoms. The van der Waals surface area contributed by atoms with E-state index < -0.39 is 0 Å². The van der Waals surface area contributed by atoms with E-state index in [0.29, 0.717) is 0 Å². The summed E-state index contributed by atoms with van der Waals surface area (Å²) in [5, 5.41) is 12.9. The van der Waals surface area contributed by atoms with E-state index in [1.54, 1.807) is 0 Å². The summed E-state index contributed by atoms with van der Waals surface area (Å²) in [5.74, 6) is 0. The van der Waals surface area contributed by atoms with E-state index in [1.165, 1.54) is 12.1 Å². The van der Waals surface area contributed by atoms with Crippen LogP contribution in [0.15, 0.2) is 6.07 Å². The number of aryl methyl sites for hydroxylation is 2. The van der Waals surface area contributed by atoms with Crippen LogP contribution in [0.25, 0.3) is 0 Å². The summed E-state index contributed by atoms with van der Waals surface area (Å²) >= 11 is 0. The Morgan fingerprint density at radius 1 is 1.70 bits per heavy atom. The third-order valence-electron chi connectivity index (χ3n) is 1.88. The first-order valence-corrected chi connectivity index (χ1v) is 3.56. The Labute approximate surface area is 59.3 Å². The molecule has 54 valence electrons. The highest BCUT2D eigenvalue weighted by Gasteiger charge is 2.12. The molecule has 1 aliphatic rings. The Morgan fingerprint density at radius 2 is 2.60 bits per heavy atom. The molecule has 0 amide bonds. The molecule has 0 saturated carbocycles. The lowest BCUT2D eigenvalue weighted by Crippen LogP contribution is -1.95. The van der Waals surface area contributed by atoms with E-state index in [2.05, 4.69) is 5.10 Å². The van der Waals surface area contributed by atoms with Gasteiger partial charge in [-0.05, 0) is 18.9 Å². The van der Waals surface area contributed by atoms with Crippen LogP contribution in [0.4, 0.5) is 0 Å². The van der Waals surface area contributed by atoms with Gasteiger partial charge in [-0.15, -0.1) is 0 Å². The number of fused-ring (bicyclic) bond motifs is 1. The van der Waals surface area contributed by atoms with Crippen molar-refractivity contribution in [2.75, 3.05) is 0 Å². The van der Waals surface area contributed by atoms with E-state index in [9.17, 15) is 0 Å². The van der Waals surface area contributed by atoms with Gasteiger partial charge in [0.15, 0.2) is 0 Å². The molecule has 0 unspecified atom stereocenters. The largest absolute Gasteiger partial charge is 0.390 e. The molecule has 2 heterocycles. The Hall–Kier alpha value is -0.830. The van der Waals surface area contributed by atoms with Crippen molar-refractivity contribution >= 4 is 0 Å². The highest BCUT2D eigenvalue weighted by molar-refractivity contribution is 5.12. The van der Waals surface area contributed by atoms with Gasteiger partial charge in [-0.25, -0.2) is 0 Å². The van der Waals surface area contributed by atoms with E-state index in [4.69, 9.17) is 5.11 Å². The summed E-state index contributed by atoms with van der Waals surface area (Å²) in [5.41, 5.74) is 2.07. The fraction of sp³-hybridized carbons (Fsp3) is 0.571. The molecule has 1 aliphatic heterocycles. The molecule has 0 aliphatic carbocycles. The molecule has 1 N–H and O–H groups in total. The monoisotopic (exact) mass is 138 g/mol. The van der Waals surface area contributed by atoms with Gasteiger partial charge < -0.3 is 5.11 Å². The average molecular weight is 138 g/mol. The normalized spacial score (nSPS) is 15.7. The maximum Gasteiger partial charge on any atom is 0.0881 e. The second-order valence-electron chi connectivity index (χ2n) is 2.61. The van der Waals surface area contributed by atoms with Crippen molar-refractivity contribution in [3.63, 3.8) is 0 Å². The molecule has 1 aromatic heterocycles. The summed E-state index contributed by atoms with van der Waals surface area (Å²) in [6.45, 7) is 1.09. The predicted octanol–water partition coefficient (Wildman–Crippen LogP) is 0.322. The van der Waals surface area contributed by atoms with Gasteiger partial charge in [0.25, 0.3) is 0 Å². The SMILES string of the molecule is OCc1cc2n(n1)CCC2. The van der Waals surface area contributed by atoms with E-state index >= 15 is 0 Å². The van der Waals surface area contributed by atoms with Crippen LogP contribution >= 0.6 is 0 Å². The van der Waals surface area contributed by atoms with Gasteiger partial charge in [-0.3, -0.25) is 4.68 Å². The fourth-order valence-electron chi connectivity index (χ4n) is 1.40. The fourth-order valence-corrected chi connectivity index (χ4v) is 1.40. The second kappa shape index (κ2) is 2.09. The van der Waals surface area contributed by atoms with Gasteiger partial charge in [0.1, 0.15) is 0 Å². The van der Waals surface area contributed by atoms with E-state index in [1.807, 2.05) is 10.7 Å². The first kappa shape index (κ1) is 5.92. The molecule has 1 aromatic rings. The van der Waals surface area contributed by atoms with Gasteiger partial charge in [0.2, 0.25) is 0 Å². The Bertz CT molecular complexity index is 220. The maximum absolute atomic E-state index is 8.72. The minimum Gasteiger partial charge on any atom is -0.390 e. The summed E-state index contributed by atoms with van der Waals surface area (Å²) in [6.07, 6.45) is 2.32. The van der Waals surface area contributed by atoms with Gasteiger partial charge in [-0.1, -0.05) is 0 Å². The van der Waals surface area contributed by atoms with Crippen molar-refractivity contribution in [3.05, 3.63) is 17.5 Å². The maximum atomic E-state index is 8.72. The van der Waals surface area contributed by atoms with Crippen LogP contribution in [0.3, 0.4) is 0 Å². The zero-order chi connectivity index (χ0) is 6.97. The van der Waals surface area contributed by atoms with Crippen molar-refractivity contribution < 1.29 is 5.11 Å². The van der Waals surface area contributed by atoms with Crippen LogP contribution in [0.1, 0.15) is 17.8 Å². The van der Waals surface area contributed by atoms with Crippen molar-refractivity contribution in [1.29, 1.82) is 0 Å². The Kier molecular flexibility index (Phi) is 1.24. The Balaban J connectivity index is 2.37. The highest BCUT2D eigenvalue weighted by Crippen LogP contribution is 2.14. The Morgan fingerprint density at radius 3 is 3.30 bits per heavy atom. The molecule has 0 fully saturated rings. The second-order valence-corrected chi connectivity index (χ2v) is 2.61. The molecule has 0 saturated heterocycles. The van der Waals surface area contributed by atoms with Gasteiger partial charge >= 0.3 is 0 Å². The molecule has 0 atom stereocenters. The minimum atomic E-state index is 0.0694. The van der Waals surface area contributed by atoms with Crippen LogP contribution in [-0.4, -0.2) is 14.9 Å². The topological polar surface area (TPSA) is 38.0 Å². The molecule has 0 bridgehead atoms. The molecule has 3 heteroatoms. The minimum absolute atomic E-state index is 0.0694. The third-order valence-corrected chi connectivity index (χ3v) is 1.88. The van der Waals surface area contributed by atoms with Crippen molar-refractivity contribution in [3.8, 4) is 0 Å². The number of hydrogen-bond acceptors (Lipinski definition) is 2. The van der Waals surface area contributed by atoms with Gasteiger partial charge in [-0.2, -0.15) is 5.10 Å². The van der Waals surface area contributed by atoms with Crippen molar-refractivity contribution in [2.24, 2.45) is 0 Å². The summed E-state index contributed by atoms with van der Waals surface area (Å²) in [6, 6.07) is 1.98. The van der Waals surface area contributed by atoms with Crippen LogP contribution in [-0.2, 0) is 19.6 Å². The molecular weight excluding hydrogens is 128 g/mol. The first-order valence-electron chi connectivity index (χ1n) is 3.56. The molecule has 0 aromatic carbocycles. The number of rotatable bonds is 1. The number of aromatic nitrogens is 2. The number of aliphatic hydroxyl groups excluding tert-OH is 1. The molecule has 2 rings (SSSR count). The average Bonchev–Trinajstić information content (AvgIpc) is 2.42. The number of nitrogens with zero attached hydrogens (tertiary/aromatic N) is 2. The smallest absolute Gasteiger partial charge is 0.0881 e. The number of aliphatic hydroxyl groups is 1. The van der Waals surface area contributed by atoms with Crippen molar-refractivity contribution in [1.82, 2.24) is 9.78 Å². The quantitative estimate of drug-likeness (QED) is 0.607. The van der Waals surface area contributed by atoms with Crippen LogP contribution in [0.2, 0.25) is 0 Å². The summed E-state index contributed by atoms with van der Waals surface area (Å²) < 4.78 is 1.98. The standard InChI is InChI=1S/C7H10N2O/c10-5-6-4-7-2-1-3-9(7)8-6/h4,10H,1-3,5H2. The van der Waals surface area contributed by atoms with Gasteiger partial charge in [0.05, 0.1) is 12.3 Å². The first-order chi connectivity index (χ1) is 4.90. The van der Waals surface area contributed by atoms with Crippen LogP contribution in [0, 0.1) is 0 Å². The van der Waals surface area contributed by atoms with Crippen LogP contribution in [0.5, 0.6) is 0 Å². The lowest BCUT2D eigenvalue weighted by molar-refractivity contribution is 0.275. The summed E-state index contributed by atoms with van der Waals surface area (Å²) in [7, 11) is 0. The number of hydrogen-bond donors (Lipinski definition) is 1. The molecule has 0 spiro atoms. The third kappa shape index (κ3) is 0.743. The molecule has 0 radical (unpaired) electrons. The molecular formula is C7H10N2O. The summed E-state index contributed by atoms with van der Waals surface area (Å²) in [4.78, 5) is 0. The van der Waals surface area contributed by atoms with E-state index in [-0.39, 0.29) is 6.61 Å². The van der Waals surface area contributed by atoms with Gasteiger partial charge in [0, 0.05) is 12.2 Å². The predicted molar refractivity (Wildman–Crippen MR) is 36.5 cm³/mol. The highest BCUT2D eigenvalue weighted by atomic mass is 16.3.